The van der Waals surface area contributed by atoms with Gasteiger partial charge in [-0.1, -0.05) is 12.1 Å². The predicted octanol–water partition coefficient (Wildman–Crippen LogP) is 2.79. The molecule has 3 rings (SSSR count). The molecule has 1 aliphatic carbocycles. The second-order valence-electron chi connectivity index (χ2n) is 6.83. The van der Waals surface area contributed by atoms with Crippen LogP contribution in [-0.2, 0) is 17.6 Å². The number of hydrogen-bond donors (Lipinski definition) is 2. The number of hydrogen-bond acceptors (Lipinski definition) is 3. The van der Waals surface area contributed by atoms with Crippen LogP contribution in [0.3, 0.4) is 0 Å². The number of aryl methyl sites for hydroxylation is 1. The van der Waals surface area contributed by atoms with Crippen molar-refractivity contribution in [2.24, 2.45) is 5.92 Å². The molecule has 1 amide bonds. The molecule has 0 bridgehead atoms. The Kier molecular flexibility index (Phi) is 5.93. The lowest BCUT2D eigenvalue weighted by Gasteiger charge is -2.38. The van der Waals surface area contributed by atoms with E-state index < -0.39 is 11.6 Å². The van der Waals surface area contributed by atoms with Gasteiger partial charge in [-0.3, -0.25) is 9.78 Å². The van der Waals surface area contributed by atoms with Gasteiger partial charge in [0.2, 0.25) is 5.91 Å². The summed E-state index contributed by atoms with van der Waals surface area (Å²) < 4.78 is 26.2. The Bertz CT molecular complexity index is 749. The number of aliphatic hydroxyl groups excluding tert-OH is 1. The van der Waals surface area contributed by atoms with Crippen LogP contribution < -0.4 is 5.32 Å². The summed E-state index contributed by atoms with van der Waals surface area (Å²) in [5.74, 6) is -1.71. The van der Waals surface area contributed by atoms with E-state index in [1.54, 1.807) is 6.20 Å². The number of nitrogens with zero attached hydrogens (tertiary/aromatic N) is 1. The zero-order valence-corrected chi connectivity index (χ0v) is 14.4. The lowest BCUT2D eigenvalue weighted by Crippen LogP contribution is -2.48. The molecule has 1 fully saturated rings. The number of nitrogens with one attached hydrogen (secondary N) is 1. The molecule has 0 aliphatic heterocycles. The molecular weight excluding hydrogens is 338 g/mol. The first kappa shape index (κ1) is 18.5. The van der Waals surface area contributed by atoms with Gasteiger partial charge < -0.3 is 10.4 Å². The summed E-state index contributed by atoms with van der Waals surface area (Å²) >= 11 is 0. The highest BCUT2D eigenvalue weighted by Crippen LogP contribution is 2.31. The Morgan fingerprint density at radius 3 is 2.69 bits per heavy atom. The number of carbonyl (C=O) groups excluding carboxylic acids is 1. The zero-order valence-electron chi connectivity index (χ0n) is 14.4. The third kappa shape index (κ3) is 4.85. The summed E-state index contributed by atoms with van der Waals surface area (Å²) in [5, 5.41) is 12.6. The van der Waals surface area contributed by atoms with Gasteiger partial charge in [0, 0.05) is 30.8 Å². The van der Waals surface area contributed by atoms with E-state index in [4.69, 9.17) is 0 Å². The summed E-state index contributed by atoms with van der Waals surface area (Å²) in [6, 6.07) is 9.24. The molecule has 1 saturated carbocycles. The van der Waals surface area contributed by atoms with Gasteiger partial charge in [0.05, 0.1) is 6.10 Å². The van der Waals surface area contributed by atoms with Crippen LogP contribution in [0.25, 0.3) is 0 Å². The molecule has 6 heteroatoms. The van der Waals surface area contributed by atoms with Gasteiger partial charge in [0.1, 0.15) is 0 Å². The quantitative estimate of drug-likeness (QED) is 0.798. The van der Waals surface area contributed by atoms with E-state index in [1.165, 1.54) is 6.07 Å². The van der Waals surface area contributed by atoms with Crippen molar-refractivity contribution >= 4 is 5.91 Å². The van der Waals surface area contributed by atoms with Gasteiger partial charge in [-0.2, -0.15) is 0 Å². The topological polar surface area (TPSA) is 62.2 Å². The SMILES string of the molecule is O=C(CCc1ccc(F)c(F)c1)N[C@@H](Cc1ccccn1)C1CC(O)C1. The van der Waals surface area contributed by atoms with Crippen molar-refractivity contribution in [2.75, 3.05) is 0 Å². The maximum absolute atomic E-state index is 13.2. The smallest absolute Gasteiger partial charge is 0.220 e. The number of benzene rings is 1. The van der Waals surface area contributed by atoms with E-state index in [-0.39, 0.29) is 30.4 Å². The van der Waals surface area contributed by atoms with Gasteiger partial charge in [-0.15, -0.1) is 0 Å². The van der Waals surface area contributed by atoms with Crippen molar-refractivity contribution in [1.82, 2.24) is 10.3 Å². The van der Waals surface area contributed by atoms with E-state index in [1.807, 2.05) is 18.2 Å². The third-order valence-corrected chi connectivity index (χ3v) is 4.85. The fraction of sp³-hybridized carbons (Fsp3) is 0.400. The number of aromatic nitrogens is 1. The molecule has 4 nitrogen and oxygen atoms in total. The van der Waals surface area contributed by atoms with Gasteiger partial charge in [-0.05, 0) is 55.0 Å². The largest absolute Gasteiger partial charge is 0.393 e. The summed E-state index contributed by atoms with van der Waals surface area (Å²) in [6.45, 7) is 0. The lowest BCUT2D eigenvalue weighted by atomic mass is 9.76. The number of pyridine rings is 1. The van der Waals surface area contributed by atoms with Crippen molar-refractivity contribution in [3.63, 3.8) is 0 Å². The summed E-state index contributed by atoms with van der Waals surface area (Å²) in [5.41, 5.74) is 1.47. The molecule has 1 heterocycles. The van der Waals surface area contributed by atoms with Crippen molar-refractivity contribution < 1.29 is 18.7 Å². The molecule has 1 aromatic carbocycles. The molecular formula is C20H22F2N2O2. The minimum absolute atomic E-state index is 0.0919. The van der Waals surface area contributed by atoms with E-state index in [0.29, 0.717) is 31.2 Å². The van der Waals surface area contributed by atoms with Gasteiger partial charge in [-0.25, -0.2) is 8.78 Å². The highest BCUT2D eigenvalue weighted by atomic mass is 19.2. The lowest BCUT2D eigenvalue weighted by molar-refractivity contribution is -0.122. The molecule has 0 spiro atoms. The molecule has 0 unspecified atom stereocenters. The zero-order chi connectivity index (χ0) is 18.5. The van der Waals surface area contributed by atoms with Crippen LogP contribution >= 0.6 is 0 Å². The number of amides is 1. The highest BCUT2D eigenvalue weighted by Gasteiger charge is 2.34. The normalized spacial score (nSPS) is 20.3. The molecule has 0 saturated heterocycles. The molecule has 2 aromatic rings. The predicted molar refractivity (Wildman–Crippen MR) is 93.3 cm³/mol. The van der Waals surface area contributed by atoms with Gasteiger partial charge in [0.25, 0.3) is 0 Å². The maximum atomic E-state index is 13.2. The molecule has 0 radical (unpaired) electrons. The summed E-state index contributed by atoms with van der Waals surface area (Å²) in [6.07, 6.45) is 3.89. The second kappa shape index (κ2) is 8.36. The first-order chi connectivity index (χ1) is 12.5. The van der Waals surface area contributed by atoms with E-state index in [2.05, 4.69) is 10.3 Å². The van der Waals surface area contributed by atoms with Crippen LogP contribution in [0.2, 0.25) is 0 Å². The fourth-order valence-electron chi connectivity index (χ4n) is 3.27. The molecule has 1 atom stereocenters. The van der Waals surface area contributed by atoms with Crippen LogP contribution in [0.15, 0.2) is 42.6 Å². The number of rotatable bonds is 7. The van der Waals surface area contributed by atoms with Crippen LogP contribution in [-0.4, -0.2) is 28.1 Å². The van der Waals surface area contributed by atoms with Crippen LogP contribution in [0, 0.1) is 17.6 Å². The molecule has 138 valence electrons. The monoisotopic (exact) mass is 360 g/mol. The van der Waals surface area contributed by atoms with Crippen molar-refractivity contribution in [3.8, 4) is 0 Å². The minimum Gasteiger partial charge on any atom is -0.393 e. The molecule has 2 N–H and O–H groups in total. The van der Waals surface area contributed by atoms with Crippen LogP contribution in [0.4, 0.5) is 8.78 Å². The highest BCUT2D eigenvalue weighted by molar-refractivity contribution is 5.76. The first-order valence-electron chi connectivity index (χ1n) is 8.82. The number of carbonyl (C=O) groups is 1. The average Bonchev–Trinajstić information content (AvgIpc) is 2.60. The second-order valence-corrected chi connectivity index (χ2v) is 6.83. The number of aliphatic hydroxyl groups is 1. The number of halogens is 2. The standard InChI is InChI=1S/C20H22F2N2O2/c21-17-6-4-13(9-18(17)22)5-7-20(26)24-19(14-10-16(25)11-14)12-15-3-1-2-8-23-15/h1-4,6,8-9,14,16,19,25H,5,7,10-12H2,(H,24,26)/t14?,16?,19-/m0/s1. The Labute approximate surface area is 151 Å². The Morgan fingerprint density at radius 1 is 1.23 bits per heavy atom. The van der Waals surface area contributed by atoms with E-state index >= 15 is 0 Å². The summed E-state index contributed by atoms with van der Waals surface area (Å²) in [7, 11) is 0. The molecule has 26 heavy (non-hydrogen) atoms. The van der Waals surface area contributed by atoms with Gasteiger partial charge in [0.15, 0.2) is 11.6 Å². The average molecular weight is 360 g/mol. The van der Waals surface area contributed by atoms with Crippen LogP contribution in [0.1, 0.15) is 30.5 Å². The Balaban J connectivity index is 1.56. The van der Waals surface area contributed by atoms with Crippen molar-refractivity contribution in [2.45, 2.75) is 44.2 Å². The molecule has 1 aliphatic rings. The Hall–Kier alpha value is -2.34. The van der Waals surface area contributed by atoms with Gasteiger partial charge >= 0.3 is 0 Å². The minimum atomic E-state index is -0.903. The summed E-state index contributed by atoms with van der Waals surface area (Å²) in [4.78, 5) is 16.6. The third-order valence-electron chi connectivity index (χ3n) is 4.85. The first-order valence-corrected chi connectivity index (χ1v) is 8.82. The van der Waals surface area contributed by atoms with Crippen molar-refractivity contribution in [3.05, 3.63) is 65.5 Å². The van der Waals surface area contributed by atoms with Crippen LogP contribution in [0.5, 0.6) is 0 Å². The molecule has 1 aromatic heterocycles. The van der Waals surface area contributed by atoms with E-state index in [9.17, 15) is 18.7 Å². The fourth-order valence-corrected chi connectivity index (χ4v) is 3.27. The maximum Gasteiger partial charge on any atom is 0.220 e. The van der Waals surface area contributed by atoms with E-state index in [0.717, 1.165) is 17.8 Å². The Morgan fingerprint density at radius 2 is 2.04 bits per heavy atom. The van der Waals surface area contributed by atoms with Crippen molar-refractivity contribution in [1.29, 1.82) is 0 Å².